The Labute approximate surface area is 256 Å². The molecule has 5 rings (SSSR count). The number of anilines is 4. The smallest absolute Gasteiger partial charge is 0.214 e. The molecule has 0 atom stereocenters. The molecular formula is C32H46FN7O2S. The third-order valence-corrected chi connectivity index (χ3v) is 10.2. The number of nitrogens with one attached hydrogen (secondary N) is 1. The van der Waals surface area contributed by atoms with Crippen LogP contribution in [-0.4, -0.2) is 66.2 Å². The lowest BCUT2D eigenvalue weighted by Gasteiger charge is -2.30. The van der Waals surface area contributed by atoms with E-state index in [-0.39, 0.29) is 17.0 Å². The van der Waals surface area contributed by atoms with Crippen LogP contribution in [0.3, 0.4) is 0 Å². The summed E-state index contributed by atoms with van der Waals surface area (Å²) >= 11 is 0. The number of hydrogen-bond acceptors (Lipinski definition) is 8. The zero-order valence-corrected chi connectivity index (χ0v) is 27.2. The van der Waals surface area contributed by atoms with Crippen molar-refractivity contribution in [3.8, 4) is 0 Å². The normalized spacial score (nSPS) is 15.5. The van der Waals surface area contributed by atoms with Gasteiger partial charge in [-0.3, -0.25) is 0 Å². The minimum atomic E-state index is -3.20. The number of pyridine rings is 1. The maximum absolute atomic E-state index is 14.3. The maximum atomic E-state index is 14.3. The molecule has 1 N–H and O–H groups in total. The van der Waals surface area contributed by atoms with Gasteiger partial charge in [0, 0.05) is 61.3 Å². The summed E-state index contributed by atoms with van der Waals surface area (Å²) in [5.41, 5.74) is 5.30. The first-order chi connectivity index (χ1) is 20.6. The quantitative estimate of drug-likeness (QED) is 0.268. The van der Waals surface area contributed by atoms with Crippen molar-refractivity contribution < 1.29 is 12.8 Å². The van der Waals surface area contributed by atoms with E-state index in [1.807, 2.05) is 32.6 Å². The fourth-order valence-corrected chi connectivity index (χ4v) is 7.63. The van der Waals surface area contributed by atoms with Gasteiger partial charge in [-0.1, -0.05) is 47.6 Å². The number of rotatable bonds is 11. The number of aromatic nitrogens is 3. The predicted molar refractivity (Wildman–Crippen MR) is 173 cm³/mol. The average molecular weight is 612 g/mol. The van der Waals surface area contributed by atoms with Crippen molar-refractivity contribution in [1.82, 2.24) is 19.3 Å². The van der Waals surface area contributed by atoms with Crippen molar-refractivity contribution in [2.75, 3.05) is 53.6 Å². The highest BCUT2D eigenvalue weighted by atomic mass is 32.2. The SMILES string of the molecule is CC.CCN(CC)S(=O)(=O)CCCCN1CC(C)(C)c2ccc(Nc3ncnc4c3CCN(c3ncccc3F)C4)cc21. The van der Waals surface area contributed by atoms with E-state index in [4.69, 9.17) is 0 Å². The van der Waals surface area contributed by atoms with Gasteiger partial charge in [0.15, 0.2) is 11.6 Å². The topological polar surface area (TPSA) is 94.6 Å². The molecule has 0 fully saturated rings. The van der Waals surface area contributed by atoms with Crippen molar-refractivity contribution in [2.24, 2.45) is 0 Å². The van der Waals surface area contributed by atoms with Gasteiger partial charge in [-0.05, 0) is 49.1 Å². The van der Waals surface area contributed by atoms with Crippen molar-refractivity contribution >= 4 is 33.0 Å². The Morgan fingerprint density at radius 1 is 1.07 bits per heavy atom. The van der Waals surface area contributed by atoms with Crippen molar-refractivity contribution in [1.29, 1.82) is 0 Å². The highest BCUT2D eigenvalue weighted by Gasteiger charge is 2.35. The third kappa shape index (κ3) is 7.26. The van der Waals surface area contributed by atoms with E-state index in [9.17, 15) is 12.8 Å². The number of halogens is 1. The van der Waals surface area contributed by atoms with Crippen LogP contribution in [0.15, 0.2) is 42.9 Å². The van der Waals surface area contributed by atoms with Crippen LogP contribution in [0, 0.1) is 5.82 Å². The summed E-state index contributed by atoms with van der Waals surface area (Å²) in [7, 11) is -3.20. The van der Waals surface area contributed by atoms with Gasteiger partial charge in [-0.25, -0.2) is 32.1 Å². The molecule has 234 valence electrons. The standard InChI is InChI=1S/C30H40FN7O2S.C2H6/c1-5-38(6-2)41(39,40)17-8-7-15-37-20-30(3,4)24-12-11-22(18-27(24)37)35-28-23-13-16-36(19-26(23)33-21-34-28)29-25(31)10-9-14-32-29;1-2/h9-12,14,18,21H,5-8,13,15-17,19-20H2,1-4H3,(H,33,34,35);1-2H3. The summed E-state index contributed by atoms with van der Waals surface area (Å²) in [6, 6.07) is 9.47. The summed E-state index contributed by atoms with van der Waals surface area (Å²) in [6.45, 7) is 16.1. The molecule has 0 saturated heterocycles. The number of fused-ring (bicyclic) bond motifs is 2. The molecule has 4 heterocycles. The monoisotopic (exact) mass is 611 g/mol. The minimum Gasteiger partial charge on any atom is -0.370 e. The second-order valence-corrected chi connectivity index (χ2v) is 13.5. The van der Waals surface area contributed by atoms with Gasteiger partial charge in [-0.2, -0.15) is 0 Å². The van der Waals surface area contributed by atoms with Crippen LogP contribution in [0.5, 0.6) is 0 Å². The summed E-state index contributed by atoms with van der Waals surface area (Å²) in [6.07, 6.45) is 5.27. The summed E-state index contributed by atoms with van der Waals surface area (Å²) in [5, 5.41) is 3.52. The molecule has 0 radical (unpaired) electrons. The molecule has 2 aliphatic heterocycles. The second kappa shape index (κ2) is 14.0. The first kappa shape index (κ1) is 32.6. The van der Waals surface area contributed by atoms with E-state index in [0.29, 0.717) is 44.8 Å². The average Bonchev–Trinajstić information content (AvgIpc) is 3.25. The van der Waals surface area contributed by atoms with Crippen LogP contribution in [-0.2, 0) is 28.4 Å². The van der Waals surface area contributed by atoms with Crippen LogP contribution in [0.1, 0.15) is 71.2 Å². The van der Waals surface area contributed by atoms with Crippen molar-refractivity contribution in [3.63, 3.8) is 0 Å². The van der Waals surface area contributed by atoms with Crippen LogP contribution >= 0.6 is 0 Å². The van der Waals surface area contributed by atoms with E-state index >= 15 is 0 Å². The molecule has 0 spiro atoms. The molecular weight excluding hydrogens is 565 g/mol. The molecule has 0 unspecified atom stereocenters. The van der Waals surface area contributed by atoms with E-state index in [1.165, 1.54) is 17.3 Å². The largest absolute Gasteiger partial charge is 0.370 e. The molecule has 43 heavy (non-hydrogen) atoms. The van der Waals surface area contributed by atoms with E-state index in [1.54, 1.807) is 22.9 Å². The zero-order valence-electron chi connectivity index (χ0n) is 26.4. The lowest BCUT2D eigenvalue weighted by molar-refractivity contribution is 0.443. The second-order valence-electron chi connectivity index (χ2n) is 11.4. The fourth-order valence-electron chi connectivity index (χ4n) is 6.01. The molecule has 9 nitrogen and oxygen atoms in total. The van der Waals surface area contributed by atoms with Crippen LogP contribution in [0.4, 0.5) is 27.4 Å². The van der Waals surface area contributed by atoms with Crippen molar-refractivity contribution in [2.45, 2.75) is 72.8 Å². The third-order valence-electron chi connectivity index (χ3n) is 8.14. The number of benzene rings is 1. The number of nitrogens with zero attached hydrogens (tertiary/aromatic N) is 6. The van der Waals surface area contributed by atoms with Gasteiger partial charge < -0.3 is 15.1 Å². The van der Waals surface area contributed by atoms with Gasteiger partial charge in [0.25, 0.3) is 0 Å². The molecule has 0 bridgehead atoms. The lowest BCUT2D eigenvalue weighted by Crippen LogP contribution is -2.33. The lowest BCUT2D eigenvalue weighted by atomic mass is 9.87. The maximum Gasteiger partial charge on any atom is 0.214 e. The molecule has 1 aromatic carbocycles. The highest BCUT2D eigenvalue weighted by molar-refractivity contribution is 7.89. The molecule has 0 saturated carbocycles. The molecule has 0 aliphatic carbocycles. The van der Waals surface area contributed by atoms with Gasteiger partial charge in [-0.15, -0.1) is 0 Å². The Morgan fingerprint density at radius 2 is 1.84 bits per heavy atom. The molecule has 3 aromatic rings. The Kier molecular flexibility index (Phi) is 10.6. The number of sulfonamides is 1. The Bertz CT molecular complexity index is 1490. The summed E-state index contributed by atoms with van der Waals surface area (Å²) < 4.78 is 41.1. The Hall–Kier alpha value is -3.31. The Balaban J connectivity index is 0.00000207. The number of hydrogen-bond donors (Lipinski definition) is 1. The van der Waals surface area contributed by atoms with Crippen molar-refractivity contribution in [3.05, 3.63) is 65.5 Å². The van der Waals surface area contributed by atoms with Gasteiger partial charge >= 0.3 is 0 Å². The summed E-state index contributed by atoms with van der Waals surface area (Å²) in [5.74, 6) is 0.961. The van der Waals surface area contributed by atoms with Crippen LogP contribution in [0.2, 0.25) is 0 Å². The first-order valence-electron chi connectivity index (χ1n) is 15.5. The highest BCUT2D eigenvalue weighted by Crippen LogP contribution is 2.42. The number of unbranched alkanes of at least 4 members (excludes halogenated alkanes) is 1. The molecule has 2 aliphatic rings. The van der Waals surface area contributed by atoms with Gasteiger partial charge in [0.05, 0.1) is 18.0 Å². The summed E-state index contributed by atoms with van der Waals surface area (Å²) in [4.78, 5) is 17.6. The van der Waals surface area contributed by atoms with E-state index < -0.39 is 10.0 Å². The first-order valence-corrected chi connectivity index (χ1v) is 17.1. The van der Waals surface area contributed by atoms with E-state index in [0.717, 1.165) is 42.3 Å². The minimum absolute atomic E-state index is 0.000548. The zero-order chi connectivity index (χ0) is 31.2. The van der Waals surface area contributed by atoms with Gasteiger partial charge in [0.2, 0.25) is 10.0 Å². The molecule has 0 amide bonds. The van der Waals surface area contributed by atoms with Crippen LogP contribution < -0.4 is 15.1 Å². The van der Waals surface area contributed by atoms with Gasteiger partial charge in [0.1, 0.15) is 12.1 Å². The molecule has 2 aromatic heterocycles. The Morgan fingerprint density at radius 3 is 2.56 bits per heavy atom. The van der Waals surface area contributed by atoms with Crippen LogP contribution in [0.25, 0.3) is 0 Å². The molecule has 11 heteroatoms. The van der Waals surface area contributed by atoms with E-state index in [2.05, 4.69) is 57.2 Å². The predicted octanol–water partition coefficient (Wildman–Crippen LogP) is 5.89. The fraction of sp³-hybridized carbons (Fsp3) is 0.531.